The van der Waals surface area contributed by atoms with Gasteiger partial charge in [0.1, 0.15) is 17.2 Å². The number of likely N-dealkylation sites (N-methyl/N-ethyl adjacent to an activating group) is 2. The number of fused-ring (bicyclic) bond motifs is 2. The van der Waals surface area contributed by atoms with E-state index in [9.17, 15) is 14.0 Å². The summed E-state index contributed by atoms with van der Waals surface area (Å²) in [4.78, 5) is 40.0. The van der Waals surface area contributed by atoms with Crippen molar-refractivity contribution in [3.8, 4) is 11.1 Å². The molecule has 0 unspecified atom stereocenters. The van der Waals surface area contributed by atoms with Crippen LogP contribution in [0, 0.1) is 12.7 Å². The zero-order chi connectivity index (χ0) is 31.0. The van der Waals surface area contributed by atoms with E-state index in [0.29, 0.717) is 41.7 Å². The lowest BCUT2D eigenvalue weighted by atomic mass is 9.99. The van der Waals surface area contributed by atoms with Crippen LogP contribution >= 0.6 is 0 Å². The third-order valence-corrected chi connectivity index (χ3v) is 7.94. The third kappa shape index (κ3) is 5.61. The molecule has 6 aromatic rings. The lowest BCUT2D eigenvalue weighted by Gasteiger charge is -2.20. The number of rotatable bonds is 8. The van der Waals surface area contributed by atoms with Crippen LogP contribution < -0.4 is 0 Å². The average Bonchev–Trinajstić information content (AvgIpc) is 3.56. The molecule has 1 amide bonds. The van der Waals surface area contributed by atoms with Gasteiger partial charge in [-0.15, -0.1) is 0 Å². The Labute approximate surface area is 255 Å². The fraction of sp³-hybridized carbons (Fsp3) is 0.200. The number of nitrogens with zero attached hydrogens (tertiary/aromatic N) is 6. The van der Waals surface area contributed by atoms with Gasteiger partial charge in [-0.3, -0.25) is 14.3 Å². The molecule has 3 heterocycles. The smallest absolute Gasteiger partial charge is 0.326 e. The maximum absolute atomic E-state index is 13.9. The van der Waals surface area contributed by atoms with Crippen molar-refractivity contribution < 1.29 is 14.0 Å². The number of benzene rings is 3. The van der Waals surface area contributed by atoms with Gasteiger partial charge in [-0.2, -0.15) is 0 Å². The summed E-state index contributed by atoms with van der Waals surface area (Å²) in [7, 11) is 5.66. The van der Waals surface area contributed by atoms with Crippen molar-refractivity contribution in [1.82, 2.24) is 28.9 Å². The van der Waals surface area contributed by atoms with Crippen LogP contribution in [-0.4, -0.2) is 74.9 Å². The van der Waals surface area contributed by atoms with E-state index >= 15 is 0 Å². The molecule has 9 heteroatoms. The number of hydrogen-bond donors (Lipinski definition) is 0. The fourth-order valence-electron chi connectivity index (χ4n) is 5.42. The summed E-state index contributed by atoms with van der Waals surface area (Å²) in [6.07, 6.45) is 5.15. The Hall–Kier alpha value is -5.15. The number of aryl methyl sites for hydroxylation is 1. The number of halogens is 1. The van der Waals surface area contributed by atoms with Crippen LogP contribution in [0.4, 0.5) is 9.18 Å². The predicted octanol–water partition coefficient (Wildman–Crippen LogP) is 6.24. The average molecular weight is 589 g/mol. The first-order chi connectivity index (χ1) is 21.2. The van der Waals surface area contributed by atoms with Gasteiger partial charge in [0.15, 0.2) is 5.78 Å². The Morgan fingerprint density at radius 2 is 1.59 bits per heavy atom. The molecule has 44 heavy (non-hydrogen) atoms. The Bertz CT molecular complexity index is 1990. The number of ketones is 1. The van der Waals surface area contributed by atoms with Gasteiger partial charge in [-0.1, -0.05) is 48.5 Å². The maximum atomic E-state index is 13.9. The van der Waals surface area contributed by atoms with Crippen LogP contribution in [0.25, 0.3) is 33.1 Å². The first kappa shape index (κ1) is 28.9. The van der Waals surface area contributed by atoms with E-state index in [1.165, 1.54) is 12.1 Å². The van der Waals surface area contributed by atoms with Crippen LogP contribution in [0.1, 0.15) is 27.3 Å². The van der Waals surface area contributed by atoms with Gasteiger partial charge >= 0.3 is 6.03 Å². The number of imidazole rings is 1. The van der Waals surface area contributed by atoms with E-state index < -0.39 is 0 Å². The second kappa shape index (κ2) is 11.9. The molecule has 0 bridgehead atoms. The minimum Gasteiger partial charge on any atom is -0.326 e. The molecule has 3 aromatic carbocycles. The molecule has 0 aliphatic heterocycles. The summed E-state index contributed by atoms with van der Waals surface area (Å²) in [6.45, 7) is 3.80. The highest BCUT2D eigenvalue weighted by Gasteiger charge is 2.22. The summed E-state index contributed by atoms with van der Waals surface area (Å²) in [5, 5.41) is 0.674. The first-order valence-electron chi connectivity index (χ1n) is 14.4. The lowest BCUT2D eigenvalue weighted by Crippen LogP contribution is -2.36. The highest BCUT2D eigenvalue weighted by atomic mass is 19.1. The highest BCUT2D eigenvalue weighted by Crippen LogP contribution is 2.30. The molecule has 0 saturated heterocycles. The van der Waals surface area contributed by atoms with Crippen molar-refractivity contribution >= 4 is 33.8 Å². The van der Waals surface area contributed by atoms with Crippen molar-refractivity contribution in [1.29, 1.82) is 0 Å². The molecule has 0 spiro atoms. The van der Waals surface area contributed by atoms with E-state index in [1.807, 2.05) is 74.4 Å². The zero-order valence-electron chi connectivity index (χ0n) is 25.2. The molecule has 3 aromatic heterocycles. The molecule has 8 nitrogen and oxygen atoms in total. The Morgan fingerprint density at radius 1 is 0.864 bits per heavy atom. The van der Waals surface area contributed by atoms with Gasteiger partial charge in [0.05, 0.1) is 17.2 Å². The fourth-order valence-corrected chi connectivity index (χ4v) is 5.42. The molecule has 0 aliphatic rings. The molecule has 222 valence electrons. The summed E-state index contributed by atoms with van der Waals surface area (Å²) >= 11 is 0. The Kier molecular flexibility index (Phi) is 7.80. The second-order valence-corrected chi connectivity index (χ2v) is 11.3. The predicted molar refractivity (Wildman–Crippen MR) is 171 cm³/mol. The van der Waals surface area contributed by atoms with Gasteiger partial charge in [0.25, 0.3) is 0 Å². The molecule has 0 atom stereocenters. The number of hydrogen-bond acceptors (Lipinski definition) is 5. The monoisotopic (exact) mass is 588 g/mol. The van der Waals surface area contributed by atoms with Crippen molar-refractivity contribution in [2.75, 3.05) is 34.2 Å². The van der Waals surface area contributed by atoms with E-state index in [0.717, 1.165) is 33.5 Å². The molecule has 6 rings (SSSR count). The summed E-state index contributed by atoms with van der Waals surface area (Å²) in [6, 6.07) is 21.1. The van der Waals surface area contributed by atoms with Crippen LogP contribution in [0.3, 0.4) is 0 Å². The first-order valence-corrected chi connectivity index (χ1v) is 14.4. The van der Waals surface area contributed by atoms with Gasteiger partial charge in [-0.05, 0) is 62.0 Å². The van der Waals surface area contributed by atoms with Gasteiger partial charge in [0, 0.05) is 55.6 Å². The molecule has 0 aliphatic carbocycles. The van der Waals surface area contributed by atoms with Crippen molar-refractivity contribution in [2.45, 2.75) is 13.5 Å². The van der Waals surface area contributed by atoms with Crippen molar-refractivity contribution in [3.63, 3.8) is 0 Å². The van der Waals surface area contributed by atoms with Crippen molar-refractivity contribution in [2.24, 2.45) is 0 Å². The summed E-state index contributed by atoms with van der Waals surface area (Å²) in [5.41, 5.74) is 6.10. The van der Waals surface area contributed by atoms with Crippen LogP contribution in [0.15, 0.2) is 91.4 Å². The number of amides is 1. The minimum absolute atomic E-state index is 0.172. The Balaban J connectivity index is 1.34. The normalized spacial score (nSPS) is 11.5. The van der Waals surface area contributed by atoms with E-state index in [-0.39, 0.29) is 17.6 Å². The van der Waals surface area contributed by atoms with Gasteiger partial charge < -0.3 is 14.4 Å². The molecule has 0 fully saturated rings. The van der Waals surface area contributed by atoms with E-state index in [4.69, 9.17) is 0 Å². The highest BCUT2D eigenvalue weighted by molar-refractivity contribution is 6.17. The Morgan fingerprint density at radius 3 is 2.32 bits per heavy atom. The van der Waals surface area contributed by atoms with Gasteiger partial charge in [0.2, 0.25) is 0 Å². The summed E-state index contributed by atoms with van der Waals surface area (Å²) < 4.78 is 17.3. The van der Waals surface area contributed by atoms with E-state index in [2.05, 4.69) is 14.5 Å². The van der Waals surface area contributed by atoms with Crippen molar-refractivity contribution in [3.05, 3.63) is 120 Å². The van der Waals surface area contributed by atoms with Gasteiger partial charge in [-0.25, -0.2) is 14.2 Å². The number of aromatic nitrogens is 4. The van der Waals surface area contributed by atoms with Crippen LogP contribution in [0.2, 0.25) is 0 Å². The zero-order valence-corrected chi connectivity index (χ0v) is 25.2. The SMILES string of the molecule is Cc1nc2cnccc2n1Cc1ccc(C(=O)c2cn(C(=O)N(C)CCN(C)C)c3cc(-c4ccc(F)cc4)ccc23)cc1. The molecular weight excluding hydrogens is 555 g/mol. The minimum atomic E-state index is -0.319. The van der Waals surface area contributed by atoms with E-state index in [1.54, 1.807) is 47.2 Å². The lowest BCUT2D eigenvalue weighted by molar-refractivity contribution is 0.104. The van der Waals surface area contributed by atoms with Crippen LogP contribution in [-0.2, 0) is 6.54 Å². The molecule has 0 radical (unpaired) electrons. The third-order valence-electron chi connectivity index (χ3n) is 7.94. The second-order valence-electron chi connectivity index (χ2n) is 11.3. The number of carbonyl (C=O) groups is 2. The summed E-state index contributed by atoms with van der Waals surface area (Å²) in [5.74, 6) is 0.399. The topological polar surface area (TPSA) is 76.3 Å². The standard InChI is InChI=1S/C35H33FN6O2/c1-23-38-31-20-37-16-15-32(31)41(23)21-24-5-7-26(8-6-24)34(43)30-22-42(35(44)40(4)18-17-39(2)3)33-19-27(11-14-29(30)33)25-9-12-28(36)13-10-25/h5-16,19-20,22H,17-18,21H2,1-4H3. The molecular formula is C35H33FN6O2. The largest absolute Gasteiger partial charge is 0.328 e. The quantitative estimate of drug-likeness (QED) is 0.197. The molecule has 0 saturated carbocycles. The van der Waals surface area contributed by atoms with Crippen LogP contribution in [0.5, 0.6) is 0 Å². The molecule has 0 N–H and O–H groups in total. The number of pyridine rings is 1. The maximum Gasteiger partial charge on any atom is 0.328 e. The number of carbonyl (C=O) groups excluding carboxylic acids is 2.